The van der Waals surface area contributed by atoms with Crippen molar-refractivity contribution in [1.82, 2.24) is 14.6 Å². The first-order valence-corrected chi connectivity index (χ1v) is 4.95. The Morgan fingerprint density at radius 2 is 2.20 bits per heavy atom. The number of fused-ring (bicyclic) bond motifs is 1. The molecular weight excluding hydrogens is 188 g/mol. The molecule has 2 aromatic rings. The predicted octanol–water partition coefficient (Wildman–Crippen LogP) is 0.921. The Balaban J connectivity index is 2.15. The standard InChI is InChI=1S/C11H10N4/c1-2-9-8-12-10-4-5-11(13-15(9)10)14-6-3-7-14/h1,4-5,8H,3,6-7H2. The van der Waals surface area contributed by atoms with Crippen LogP contribution in [0.5, 0.6) is 0 Å². The second kappa shape index (κ2) is 2.99. The fourth-order valence-corrected chi connectivity index (χ4v) is 1.68. The van der Waals surface area contributed by atoms with E-state index >= 15 is 0 Å². The molecule has 74 valence electrons. The van der Waals surface area contributed by atoms with Crippen LogP contribution in [0.4, 0.5) is 5.82 Å². The van der Waals surface area contributed by atoms with Gasteiger partial charge in [0.15, 0.2) is 5.65 Å². The van der Waals surface area contributed by atoms with E-state index in [1.165, 1.54) is 6.42 Å². The number of imidazole rings is 1. The third-order valence-electron chi connectivity index (χ3n) is 2.68. The van der Waals surface area contributed by atoms with Crippen LogP contribution in [0, 0.1) is 12.3 Å². The van der Waals surface area contributed by atoms with Gasteiger partial charge in [0, 0.05) is 13.1 Å². The zero-order valence-electron chi connectivity index (χ0n) is 8.22. The summed E-state index contributed by atoms with van der Waals surface area (Å²) in [6.07, 6.45) is 8.28. The van der Waals surface area contributed by atoms with Crippen molar-refractivity contribution in [2.75, 3.05) is 18.0 Å². The Hall–Kier alpha value is -2.02. The normalized spacial score (nSPS) is 15.0. The number of aromatic nitrogens is 3. The molecular formula is C11H10N4. The van der Waals surface area contributed by atoms with E-state index in [2.05, 4.69) is 20.9 Å². The summed E-state index contributed by atoms with van der Waals surface area (Å²) in [6.45, 7) is 2.16. The van der Waals surface area contributed by atoms with Crippen LogP contribution in [0.3, 0.4) is 0 Å². The lowest BCUT2D eigenvalue weighted by Crippen LogP contribution is -2.37. The molecule has 0 radical (unpaired) electrons. The predicted molar refractivity (Wildman–Crippen MR) is 57.8 cm³/mol. The van der Waals surface area contributed by atoms with Gasteiger partial charge in [-0.2, -0.15) is 0 Å². The van der Waals surface area contributed by atoms with E-state index in [1.807, 2.05) is 12.1 Å². The maximum absolute atomic E-state index is 5.37. The number of hydrogen-bond acceptors (Lipinski definition) is 3. The molecule has 3 heterocycles. The van der Waals surface area contributed by atoms with Crippen LogP contribution >= 0.6 is 0 Å². The lowest BCUT2D eigenvalue weighted by molar-refractivity contribution is 0.603. The van der Waals surface area contributed by atoms with E-state index in [-0.39, 0.29) is 0 Å². The highest BCUT2D eigenvalue weighted by Crippen LogP contribution is 2.18. The summed E-state index contributed by atoms with van der Waals surface area (Å²) in [4.78, 5) is 6.40. The van der Waals surface area contributed by atoms with Crippen LogP contribution in [0.1, 0.15) is 12.1 Å². The lowest BCUT2D eigenvalue weighted by Gasteiger charge is -2.31. The van der Waals surface area contributed by atoms with Crippen molar-refractivity contribution in [2.45, 2.75) is 6.42 Å². The van der Waals surface area contributed by atoms with Crippen LogP contribution in [-0.2, 0) is 0 Å². The number of terminal acetylenes is 1. The molecule has 0 atom stereocenters. The monoisotopic (exact) mass is 198 g/mol. The van der Waals surface area contributed by atoms with Gasteiger partial charge in [-0.05, 0) is 24.5 Å². The Kier molecular flexibility index (Phi) is 1.65. The molecule has 0 aliphatic carbocycles. The molecule has 1 aliphatic rings. The molecule has 0 N–H and O–H groups in total. The number of rotatable bonds is 1. The minimum atomic E-state index is 0.701. The zero-order valence-corrected chi connectivity index (χ0v) is 8.22. The van der Waals surface area contributed by atoms with Crippen molar-refractivity contribution >= 4 is 11.5 Å². The molecule has 1 saturated heterocycles. The quantitative estimate of drug-likeness (QED) is 0.639. The van der Waals surface area contributed by atoms with Crippen molar-refractivity contribution in [2.24, 2.45) is 0 Å². The van der Waals surface area contributed by atoms with Crippen LogP contribution < -0.4 is 4.90 Å². The zero-order chi connectivity index (χ0) is 10.3. The SMILES string of the molecule is C#Cc1cnc2ccc(N3CCC3)nn12. The Labute approximate surface area is 87.5 Å². The molecule has 0 unspecified atom stereocenters. The summed E-state index contributed by atoms with van der Waals surface area (Å²) in [5.41, 5.74) is 1.50. The van der Waals surface area contributed by atoms with E-state index in [4.69, 9.17) is 6.42 Å². The second-order valence-corrected chi connectivity index (χ2v) is 3.59. The highest BCUT2D eigenvalue weighted by Gasteiger charge is 2.16. The van der Waals surface area contributed by atoms with E-state index in [0.717, 1.165) is 24.6 Å². The van der Waals surface area contributed by atoms with E-state index < -0.39 is 0 Å². The van der Waals surface area contributed by atoms with Crippen molar-refractivity contribution in [1.29, 1.82) is 0 Å². The molecule has 1 fully saturated rings. The van der Waals surface area contributed by atoms with Gasteiger partial charge < -0.3 is 4.90 Å². The minimum absolute atomic E-state index is 0.701. The first-order chi connectivity index (χ1) is 7.38. The van der Waals surface area contributed by atoms with Gasteiger partial charge in [-0.3, -0.25) is 0 Å². The van der Waals surface area contributed by atoms with Crippen molar-refractivity contribution < 1.29 is 0 Å². The van der Waals surface area contributed by atoms with Gasteiger partial charge >= 0.3 is 0 Å². The van der Waals surface area contributed by atoms with Gasteiger partial charge in [0.2, 0.25) is 0 Å². The molecule has 0 saturated carbocycles. The molecule has 1 aliphatic heterocycles. The molecule has 15 heavy (non-hydrogen) atoms. The molecule has 0 aromatic carbocycles. The molecule has 3 rings (SSSR count). The van der Waals surface area contributed by atoms with Crippen molar-refractivity contribution in [3.63, 3.8) is 0 Å². The summed E-state index contributed by atoms with van der Waals surface area (Å²) in [5, 5.41) is 4.47. The Morgan fingerprint density at radius 3 is 2.87 bits per heavy atom. The van der Waals surface area contributed by atoms with Gasteiger partial charge in [0.1, 0.15) is 11.5 Å². The van der Waals surface area contributed by atoms with Crippen LogP contribution in [0.25, 0.3) is 5.65 Å². The summed E-state index contributed by atoms with van der Waals surface area (Å²) in [6, 6.07) is 3.93. The summed E-state index contributed by atoms with van der Waals surface area (Å²) >= 11 is 0. The molecule has 4 heteroatoms. The fourth-order valence-electron chi connectivity index (χ4n) is 1.68. The second-order valence-electron chi connectivity index (χ2n) is 3.59. The number of anilines is 1. The first-order valence-electron chi connectivity index (χ1n) is 4.95. The summed E-state index contributed by atoms with van der Waals surface area (Å²) < 4.78 is 1.72. The van der Waals surface area contributed by atoms with Gasteiger partial charge in [-0.15, -0.1) is 11.5 Å². The Bertz CT molecular complexity index is 545. The fraction of sp³-hybridized carbons (Fsp3) is 0.273. The molecule has 0 amide bonds. The molecule has 0 spiro atoms. The topological polar surface area (TPSA) is 33.4 Å². The maximum atomic E-state index is 5.37. The smallest absolute Gasteiger partial charge is 0.155 e. The average Bonchev–Trinajstić information content (AvgIpc) is 2.57. The lowest BCUT2D eigenvalue weighted by atomic mass is 10.2. The maximum Gasteiger partial charge on any atom is 0.155 e. The van der Waals surface area contributed by atoms with Gasteiger partial charge in [0.05, 0.1) is 6.20 Å². The number of nitrogens with zero attached hydrogens (tertiary/aromatic N) is 4. The van der Waals surface area contributed by atoms with E-state index in [9.17, 15) is 0 Å². The third-order valence-corrected chi connectivity index (χ3v) is 2.68. The van der Waals surface area contributed by atoms with Crippen LogP contribution in [0.2, 0.25) is 0 Å². The highest BCUT2D eigenvalue weighted by molar-refractivity contribution is 5.49. The van der Waals surface area contributed by atoms with Crippen LogP contribution in [0.15, 0.2) is 18.3 Å². The largest absolute Gasteiger partial charge is 0.355 e. The molecule has 0 bridgehead atoms. The molecule has 2 aromatic heterocycles. The minimum Gasteiger partial charge on any atom is -0.355 e. The van der Waals surface area contributed by atoms with Crippen LogP contribution in [-0.4, -0.2) is 27.7 Å². The van der Waals surface area contributed by atoms with E-state index in [1.54, 1.807) is 10.7 Å². The van der Waals surface area contributed by atoms with Crippen molar-refractivity contribution in [3.05, 3.63) is 24.0 Å². The van der Waals surface area contributed by atoms with Crippen molar-refractivity contribution in [3.8, 4) is 12.3 Å². The average molecular weight is 198 g/mol. The van der Waals surface area contributed by atoms with Gasteiger partial charge in [-0.1, -0.05) is 0 Å². The first kappa shape index (κ1) is 8.30. The van der Waals surface area contributed by atoms with E-state index in [0.29, 0.717) is 5.69 Å². The molecule has 4 nitrogen and oxygen atoms in total. The summed E-state index contributed by atoms with van der Waals surface area (Å²) in [5.74, 6) is 3.55. The highest BCUT2D eigenvalue weighted by atomic mass is 15.3. The third kappa shape index (κ3) is 1.17. The number of hydrogen-bond donors (Lipinski definition) is 0. The summed E-state index contributed by atoms with van der Waals surface area (Å²) in [7, 11) is 0. The Morgan fingerprint density at radius 1 is 1.33 bits per heavy atom. The van der Waals surface area contributed by atoms with Gasteiger partial charge in [0.25, 0.3) is 0 Å². The van der Waals surface area contributed by atoms with Gasteiger partial charge in [-0.25, -0.2) is 9.50 Å².